The van der Waals surface area contributed by atoms with Crippen LogP contribution in [-0.2, 0) is 19.1 Å². The molecular weight excluding hydrogens is 320 g/mol. The third-order valence-electron chi connectivity index (χ3n) is 4.06. The molecule has 0 fully saturated rings. The second-order valence-corrected chi connectivity index (χ2v) is 6.45. The molecule has 3 N–H and O–H groups in total. The molecule has 0 spiro atoms. The highest BCUT2D eigenvalue weighted by Crippen LogP contribution is 2.10. The summed E-state index contributed by atoms with van der Waals surface area (Å²) < 4.78 is 4.77. The van der Waals surface area contributed by atoms with E-state index in [-0.39, 0.29) is 31.3 Å². The molecule has 0 aromatic carbocycles. The predicted molar refractivity (Wildman–Crippen MR) is 98.8 cm³/mol. The first-order chi connectivity index (χ1) is 12.0. The summed E-state index contributed by atoms with van der Waals surface area (Å²) in [5, 5.41) is 2.35. The molecule has 0 saturated carbocycles. The molecule has 0 radical (unpaired) electrons. The lowest BCUT2D eigenvalue weighted by atomic mass is 10.1. The molecule has 0 aliphatic heterocycles. The number of nitrogens with two attached hydrogens (primary N) is 1. The van der Waals surface area contributed by atoms with E-state index in [1.54, 1.807) is 6.92 Å². The monoisotopic (exact) mass is 356 g/mol. The zero-order chi connectivity index (χ0) is 18.9. The second kappa shape index (κ2) is 16.1. The number of rotatable bonds is 15. The quantitative estimate of drug-likeness (QED) is 0.347. The zero-order valence-electron chi connectivity index (χ0n) is 16.0. The van der Waals surface area contributed by atoms with E-state index in [2.05, 4.69) is 12.2 Å². The van der Waals surface area contributed by atoms with Crippen LogP contribution in [0.1, 0.15) is 90.9 Å². The highest BCUT2D eigenvalue weighted by Gasteiger charge is 2.16. The predicted octanol–water partition coefficient (Wildman–Crippen LogP) is 3.22. The Bertz CT molecular complexity index is 386. The minimum atomic E-state index is -0.821. The lowest BCUT2D eigenvalue weighted by Crippen LogP contribution is -2.35. The number of hydrogen-bond donors (Lipinski definition) is 2. The van der Waals surface area contributed by atoms with Crippen molar-refractivity contribution in [1.29, 1.82) is 0 Å². The van der Waals surface area contributed by atoms with Crippen LogP contribution in [0.2, 0.25) is 0 Å². The van der Waals surface area contributed by atoms with Gasteiger partial charge in [-0.25, -0.2) is 0 Å². The van der Waals surface area contributed by atoms with Crippen LogP contribution >= 0.6 is 0 Å². The van der Waals surface area contributed by atoms with Gasteiger partial charge in [0, 0.05) is 12.8 Å². The number of imide groups is 1. The van der Waals surface area contributed by atoms with Crippen molar-refractivity contribution in [2.75, 3.05) is 6.61 Å². The van der Waals surface area contributed by atoms with Gasteiger partial charge >= 0.3 is 5.97 Å². The molecule has 6 nitrogen and oxygen atoms in total. The lowest BCUT2D eigenvalue weighted by Gasteiger charge is -2.10. The Kier molecular flexibility index (Phi) is 15.1. The Hall–Kier alpha value is -1.43. The van der Waals surface area contributed by atoms with Gasteiger partial charge in [-0.1, -0.05) is 58.3 Å². The number of amides is 2. The Morgan fingerprint density at radius 3 is 1.92 bits per heavy atom. The molecule has 6 heteroatoms. The van der Waals surface area contributed by atoms with E-state index in [9.17, 15) is 14.4 Å². The van der Waals surface area contributed by atoms with Crippen molar-refractivity contribution in [2.24, 2.45) is 5.73 Å². The summed E-state index contributed by atoms with van der Waals surface area (Å²) in [6.45, 7) is 4.17. The smallest absolute Gasteiger partial charge is 0.322 e. The number of carbonyl (C=O) groups excluding carboxylic acids is 3. The maximum Gasteiger partial charge on any atom is 0.322 e. The van der Waals surface area contributed by atoms with E-state index in [0.29, 0.717) is 6.42 Å². The summed E-state index contributed by atoms with van der Waals surface area (Å²) in [5.41, 5.74) is 5.61. The third-order valence-corrected chi connectivity index (χ3v) is 4.06. The first kappa shape index (κ1) is 23.6. The summed E-state index contributed by atoms with van der Waals surface area (Å²) in [5.74, 6) is -1.16. The normalized spacial score (nSPS) is 11.8. The van der Waals surface area contributed by atoms with Crippen molar-refractivity contribution in [2.45, 2.75) is 96.9 Å². The van der Waals surface area contributed by atoms with Crippen LogP contribution in [0.5, 0.6) is 0 Å². The molecule has 0 bridgehead atoms. The van der Waals surface area contributed by atoms with Gasteiger partial charge in [0.25, 0.3) is 0 Å². The van der Waals surface area contributed by atoms with Crippen molar-refractivity contribution < 1.29 is 19.1 Å². The minimum Gasteiger partial charge on any atom is -0.465 e. The average molecular weight is 357 g/mol. The maximum absolute atomic E-state index is 11.7. The van der Waals surface area contributed by atoms with E-state index in [0.717, 1.165) is 19.3 Å². The van der Waals surface area contributed by atoms with Crippen molar-refractivity contribution in [3.63, 3.8) is 0 Å². The van der Waals surface area contributed by atoms with Crippen LogP contribution in [0.15, 0.2) is 0 Å². The Labute approximate surface area is 152 Å². The standard InChI is InChI=1S/C19H36N2O4/c1-3-5-6-7-8-9-10-11-12-13-17(22)21-18(23)15-14-16(20)19(24)25-4-2/h16H,3-15,20H2,1-2H3,(H,21,22,23). The molecule has 0 aliphatic rings. The second-order valence-electron chi connectivity index (χ2n) is 6.45. The maximum atomic E-state index is 11.7. The van der Waals surface area contributed by atoms with Crippen LogP contribution in [-0.4, -0.2) is 30.4 Å². The SMILES string of the molecule is CCCCCCCCCCCC(=O)NC(=O)CCC(N)C(=O)OCC. The van der Waals surface area contributed by atoms with E-state index in [1.807, 2.05) is 0 Å². The van der Waals surface area contributed by atoms with Crippen molar-refractivity contribution in [1.82, 2.24) is 5.32 Å². The first-order valence-corrected chi connectivity index (χ1v) is 9.76. The van der Waals surface area contributed by atoms with Gasteiger partial charge in [-0.3, -0.25) is 19.7 Å². The van der Waals surface area contributed by atoms with Gasteiger partial charge in [0.15, 0.2) is 0 Å². The van der Waals surface area contributed by atoms with Crippen molar-refractivity contribution >= 4 is 17.8 Å². The molecule has 0 heterocycles. The number of hydrogen-bond acceptors (Lipinski definition) is 5. The molecule has 146 valence electrons. The highest BCUT2D eigenvalue weighted by atomic mass is 16.5. The van der Waals surface area contributed by atoms with Crippen LogP contribution in [0.3, 0.4) is 0 Å². The van der Waals surface area contributed by atoms with Crippen LogP contribution in [0, 0.1) is 0 Å². The summed E-state index contributed by atoms with van der Waals surface area (Å²) in [4.78, 5) is 34.7. The van der Waals surface area contributed by atoms with E-state index >= 15 is 0 Å². The first-order valence-electron chi connectivity index (χ1n) is 9.76. The van der Waals surface area contributed by atoms with E-state index in [1.165, 1.54) is 38.5 Å². The summed E-state index contributed by atoms with van der Waals surface area (Å²) >= 11 is 0. The Morgan fingerprint density at radius 1 is 0.840 bits per heavy atom. The number of nitrogens with one attached hydrogen (secondary N) is 1. The largest absolute Gasteiger partial charge is 0.465 e. The number of esters is 1. The molecule has 0 aromatic rings. The van der Waals surface area contributed by atoms with Gasteiger partial charge in [0.05, 0.1) is 6.61 Å². The Morgan fingerprint density at radius 2 is 1.36 bits per heavy atom. The van der Waals surface area contributed by atoms with Gasteiger partial charge in [-0.05, 0) is 19.8 Å². The minimum absolute atomic E-state index is 0.0451. The Balaban J connectivity index is 3.58. The summed E-state index contributed by atoms with van der Waals surface area (Å²) in [6, 6.07) is -0.821. The molecule has 2 amide bonds. The fourth-order valence-electron chi connectivity index (χ4n) is 2.53. The molecule has 25 heavy (non-hydrogen) atoms. The highest BCUT2D eigenvalue weighted by molar-refractivity contribution is 5.95. The average Bonchev–Trinajstić information content (AvgIpc) is 2.58. The molecule has 0 aliphatic carbocycles. The topological polar surface area (TPSA) is 98.5 Å². The van der Waals surface area contributed by atoms with E-state index in [4.69, 9.17) is 10.5 Å². The van der Waals surface area contributed by atoms with E-state index < -0.39 is 12.0 Å². The fraction of sp³-hybridized carbons (Fsp3) is 0.842. The van der Waals surface area contributed by atoms with Gasteiger partial charge in [0.2, 0.25) is 11.8 Å². The van der Waals surface area contributed by atoms with Crippen molar-refractivity contribution in [3.8, 4) is 0 Å². The summed E-state index contributed by atoms with van der Waals surface area (Å²) in [7, 11) is 0. The summed E-state index contributed by atoms with van der Waals surface area (Å²) in [6.07, 6.45) is 11.2. The fourth-order valence-corrected chi connectivity index (χ4v) is 2.53. The van der Waals surface area contributed by atoms with Crippen LogP contribution in [0.4, 0.5) is 0 Å². The zero-order valence-corrected chi connectivity index (χ0v) is 16.0. The molecule has 1 atom stereocenters. The van der Waals surface area contributed by atoms with Crippen LogP contribution in [0.25, 0.3) is 0 Å². The number of unbranched alkanes of at least 4 members (excludes halogenated alkanes) is 8. The molecule has 1 unspecified atom stereocenters. The molecular formula is C19H36N2O4. The number of carbonyl (C=O) groups is 3. The van der Waals surface area contributed by atoms with Gasteiger partial charge in [-0.2, -0.15) is 0 Å². The van der Waals surface area contributed by atoms with Gasteiger partial charge in [0.1, 0.15) is 6.04 Å². The third kappa shape index (κ3) is 14.6. The molecule has 0 aromatic heterocycles. The van der Waals surface area contributed by atoms with Crippen molar-refractivity contribution in [3.05, 3.63) is 0 Å². The lowest BCUT2D eigenvalue weighted by molar-refractivity contribution is -0.144. The van der Waals surface area contributed by atoms with Gasteiger partial charge < -0.3 is 10.5 Å². The molecule has 0 rings (SSSR count). The molecule has 0 saturated heterocycles. The van der Waals surface area contributed by atoms with Gasteiger partial charge in [-0.15, -0.1) is 0 Å². The number of ether oxygens (including phenoxy) is 1. The van der Waals surface area contributed by atoms with Crippen LogP contribution < -0.4 is 11.1 Å².